The third-order valence-corrected chi connectivity index (χ3v) is 10.8. The number of thiophene rings is 1. The summed E-state index contributed by atoms with van der Waals surface area (Å²) < 4.78 is 37.5. The zero-order valence-corrected chi connectivity index (χ0v) is 25.3. The maximum atomic E-state index is 14.3. The first-order valence-corrected chi connectivity index (χ1v) is 16.1. The van der Waals surface area contributed by atoms with E-state index in [1.165, 1.54) is 23.7 Å². The number of benzene rings is 2. The van der Waals surface area contributed by atoms with Gasteiger partial charge in [0.2, 0.25) is 0 Å². The van der Waals surface area contributed by atoms with Gasteiger partial charge in [0.05, 0.1) is 21.0 Å². The Labute approximate surface area is 248 Å². The van der Waals surface area contributed by atoms with Crippen LogP contribution in [0.25, 0.3) is 10.4 Å². The van der Waals surface area contributed by atoms with Crippen molar-refractivity contribution in [3.05, 3.63) is 94.2 Å². The van der Waals surface area contributed by atoms with Crippen LogP contribution in [-0.4, -0.2) is 49.3 Å². The van der Waals surface area contributed by atoms with Crippen molar-refractivity contribution in [3.63, 3.8) is 0 Å². The van der Waals surface area contributed by atoms with E-state index >= 15 is 0 Å². The van der Waals surface area contributed by atoms with Crippen LogP contribution in [-0.2, 0) is 16.3 Å². The van der Waals surface area contributed by atoms with Gasteiger partial charge in [0.25, 0.3) is 11.8 Å². The molecule has 0 unspecified atom stereocenters. The molecule has 0 atom stereocenters. The van der Waals surface area contributed by atoms with Crippen LogP contribution >= 0.6 is 11.3 Å². The Balaban J connectivity index is 1.40. The summed E-state index contributed by atoms with van der Waals surface area (Å²) in [6, 6.07) is 19.0. The van der Waals surface area contributed by atoms with Gasteiger partial charge in [-0.15, -0.1) is 11.3 Å². The number of nitrogens with zero attached hydrogens (tertiary/aromatic N) is 2. The number of carbonyl (C=O) groups is 2. The molecule has 0 aliphatic carbocycles. The van der Waals surface area contributed by atoms with Crippen molar-refractivity contribution in [3.8, 4) is 10.4 Å². The molecule has 2 amide bonds. The van der Waals surface area contributed by atoms with E-state index in [9.17, 15) is 22.4 Å². The highest BCUT2D eigenvalue weighted by molar-refractivity contribution is 7.92. The number of hydrogen-bond acceptors (Lipinski definition) is 7. The lowest BCUT2D eigenvalue weighted by Crippen LogP contribution is -2.38. The number of pyridine rings is 1. The van der Waals surface area contributed by atoms with Crippen LogP contribution in [0.15, 0.2) is 66.7 Å². The number of sulfone groups is 1. The predicted octanol–water partition coefficient (Wildman–Crippen LogP) is 5.95. The number of nitrogens with one attached hydrogen (secondary N) is 2. The van der Waals surface area contributed by atoms with Gasteiger partial charge in [0.1, 0.15) is 17.3 Å². The number of amides is 2. The Kier molecular flexibility index (Phi) is 7.91. The summed E-state index contributed by atoms with van der Waals surface area (Å²) in [5.74, 6) is -0.774. The van der Waals surface area contributed by atoms with Crippen LogP contribution < -0.4 is 15.5 Å². The second kappa shape index (κ2) is 11.3. The lowest BCUT2D eigenvalue weighted by Gasteiger charge is -2.24. The second-order valence-corrected chi connectivity index (χ2v) is 14.6. The fourth-order valence-corrected chi connectivity index (χ4v) is 6.08. The third-order valence-electron chi connectivity index (χ3n) is 7.45. The molecule has 0 fully saturated rings. The van der Waals surface area contributed by atoms with Gasteiger partial charge in [0.15, 0.2) is 9.84 Å². The Morgan fingerprint density at radius 2 is 1.81 bits per heavy atom. The molecule has 2 aromatic carbocycles. The number of halogens is 1. The molecule has 0 radical (unpaired) electrons. The van der Waals surface area contributed by atoms with E-state index in [0.717, 1.165) is 16.0 Å². The van der Waals surface area contributed by atoms with Gasteiger partial charge in [-0.25, -0.2) is 17.8 Å². The summed E-state index contributed by atoms with van der Waals surface area (Å²) in [6.45, 7) is 5.49. The molecule has 0 spiro atoms. The van der Waals surface area contributed by atoms with Gasteiger partial charge in [-0.3, -0.25) is 9.59 Å². The van der Waals surface area contributed by atoms with Crippen LogP contribution in [0.2, 0.25) is 0 Å². The summed E-state index contributed by atoms with van der Waals surface area (Å²) in [7, 11) is -3.31. The van der Waals surface area contributed by atoms with Gasteiger partial charge < -0.3 is 15.5 Å². The van der Waals surface area contributed by atoms with Crippen molar-refractivity contribution >= 4 is 50.2 Å². The van der Waals surface area contributed by atoms with Crippen molar-refractivity contribution in [2.24, 2.45) is 0 Å². The Bertz CT molecular complexity index is 1780. The maximum Gasteiger partial charge on any atom is 0.276 e. The molecule has 218 valence electrons. The number of fused-ring (bicyclic) bond motifs is 3. The van der Waals surface area contributed by atoms with E-state index < -0.39 is 20.4 Å². The first-order chi connectivity index (χ1) is 19.9. The molecule has 5 rings (SSSR count). The Hall–Kier alpha value is -4.09. The van der Waals surface area contributed by atoms with Crippen LogP contribution in [0, 0.1) is 12.7 Å². The molecular weight excluding hydrogens is 575 g/mol. The van der Waals surface area contributed by atoms with Crippen molar-refractivity contribution in [2.45, 2.75) is 31.9 Å². The van der Waals surface area contributed by atoms with Gasteiger partial charge in [-0.05, 0) is 68.7 Å². The first-order valence-electron chi connectivity index (χ1n) is 13.4. The zero-order chi connectivity index (χ0) is 30.2. The lowest BCUT2D eigenvalue weighted by atomic mass is 10.1. The monoisotopic (exact) mass is 606 g/mol. The number of aromatic nitrogens is 1. The van der Waals surface area contributed by atoms with E-state index in [-0.39, 0.29) is 29.7 Å². The molecule has 42 heavy (non-hydrogen) atoms. The SMILES string of the molecule is Cc1cccc(F)c1NC(=O)c1cc2c(s1)-c1ccccc1N(C(=O)c1cccc(NCC(C)(C)S(C)(=O)=O)n1)CC2. The Morgan fingerprint density at radius 3 is 2.55 bits per heavy atom. The van der Waals surface area contributed by atoms with E-state index in [2.05, 4.69) is 15.6 Å². The zero-order valence-electron chi connectivity index (χ0n) is 23.7. The molecule has 2 N–H and O–H groups in total. The number of anilines is 3. The summed E-state index contributed by atoms with van der Waals surface area (Å²) in [6.07, 6.45) is 1.69. The molecule has 1 aliphatic rings. The molecule has 1 aliphatic heterocycles. The number of rotatable bonds is 7. The largest absolute Gasteiger partial charge is 0.368 e. The van der Waals surface area contributed by atoms with Crippen LogP contribution in [0.3, 0.4) is 0 Å². The standard InChI is InChI=1S/C31H31FN4O4S2/c1-19-9-7-11-22(32)27(19)35-29(37)25-17-20-15-16-36(24-13-6-5-10-21(24)28(20)41-25)30(38)23-12-8-14-26(34-23)33-18-31(2,3)42(4,39)40/h5-14,17H,15-16,18H2,1-4H3,(H,33,34)(H,35,37). The minimum absolute atomic E-state index is 0.135. The highest BCUT2D eigenvalue weighted by Crippen LogP contribution is 2.42. The molecule has 4 aromatic rings. The van der Waals surface area contributed by atoms with Crippen molar-refractivity contribution in [1.29, 1.82) is 0 Å². The highest BCUT2D eigenvalue weighted by atomic mass is 32.2. The average molecular weight is 607 g/mol. The van der Waals surface area contributed by atoms with Crippen LogP contribution in [0.4, 0.5) is 21.6 Å². The van der Waals surface area contributed by atoms with Crippen LogP contribution in [0.1, 0.15) is 45.1 Å². The normalized spacial score (nSPS) is 13.1. The number of carbonyl (C=O) groups excluding carboxylic acids is 2. The van der Waals surface area contributed by atoms with Crippen LogP contribution in [0.5, 0.6) is 0 Å². The minimum atomic E-state index is -3.31. The molecule has 11 heteroatoms. The van der Waals surface area contributed by atoms with Crippen molar-refractivity contribution in [2.75, 3.05) is 34.9 Å². The number of para-hydroxylation sites is 2. The summed E-state index contributed by atoms with van der Waals surface area (Å²) >= 11 is 1.31. The van der Waals surface area contributed by atoms with Gasteiger partial charge in [-0.2, -0.15) is 0 Å². The minimum Gasteiger partial charge on any atom is -0.368 e. The topological polar surface area (TPSA) is 108 Å². The van der Waals surface area contributed by atoms with E-state index in [1.807, 2.05) is 30.3 Å². The summed E-state index contributed by atoms with van der Waals surface area (Å²) in [4.78, 5) is 34.4. The average Bonchev–Trinajstić information content (AvgIpc) is 3.31. The fourth-order valence-electron chi connectivity index (χ4n) is 4.61. The third kappa shape index (κ3) is 5.79. The van der Waals surface area contributed by atoms with E-state index in [1.54, 1.807) is 56.0 Å². The number of hydrogen-bond donors (Lipinski definition) is 2. The molecular formula is C31H31FN4O4S2. The molecule has 0 saturated heterocycles. The maximum absolute atomic E-state index is 14.3. The molecule has 3 heterocycles. The second-order valence-electron chi connectivity index (χ2n) is 10.9. The molecule has 0 bridgehead atoms. The van der Waals surface area contributed by atoms with Gasteiger partial charge >= 0.3 is 0 Å². The van der Waals surface area contributed by atoms with Gasteiger partial charge in [-0.1, -0.05) is 36.4 Å². The summed E-state index contributed by atoms with van der Waals surface area (Å²) in [5, 5.41) is 5.76. The van der Waals surface area contributed by atoms with Gasteiger partial charge in [0, 0.05) is 29.8 Å². The molecule has 8 nitrogen and oxygen atoms in total. The predicted molar refractivity (Wildman–Crippen MR) is 166 cm³/mol. The first kappa shape index (κ1) is 29.4. The summed E-state index contributed by atoms with van der Waals surface area (Å²) in [5.41, 5.74) is 3.44. The lowest BCUT2D eigenvalue weighted by molar-refractivity contribution is 0.0981. The van der Waals surface area contributed by atoms with Crippen molar-refractivity contribution < 1.29 is 22.4 Å². The van der Waals surface area contributed by atoms with E-state index in [4.69, 9.17) is 0 Å². The van der Waals surface area contributed by atoms with E-state index in [0.29, 0.717) is 34.9 Å². The fraction of sp³-hybridized carbons (Fsp3) is 0.258. The highest BCUT2D eigenvalue weighted by Gasteiger charge is 2.31. The smallest absolute Gasteiger partial charge is 0.276 e. The van der Waals surface area contributed by atoms with Crippen molar-refractivity contribution in [1.82, 2.24) is 4.98 Å². The Morgan fingerprint density at radius 1 is 1.07 bits per heavy atom. The quantitative estimate of drug-likeness (QED) is 0.269. The molecule has 2 aromatic heterocycles. The molecule has 0 saturated carbocycles. The number of aryl methyl sites for hydroxylation is 1.